The third-order valence-corrected chi connectivity index (χ3v) is 2.44. The highest BCUT2D eigenvalue weighted by atomic mass is 127. The van der Waals surface area contributed by atoms with Crippen molar-refractivity contribution in [2.45, 2.75) is 4.43 Å². The van der Waals surface area contributed by atoms with E-state index >= 15 is 0 Å². The summed E-state index contributed by atoms with van der Waals surface area (Å²) in [6.45, 7) is 0. The fourth-order valence-corrected chi connectivity index (χ4v) is 1.58. The lowest BCUT2D eigenvalue weighted by atomic mass is 10.2. The first-order valence-corrected chi connectivity index (χ1v) is 5.09. The van der Waals surface area contributed by atoms with Gasteiger partial charge < -0.3 is 4.74 Å². The van der Waals surface area contributed by atoms with Gasteiger partial charge in [-0.15, -0.1) is 0 Å². The van der Waals surface area contributed by atoms with Crippen molar-refractivity contribution in [3.63, 3.8) is 0 Å². The van der Waals surface area contributed by atoms with Gasteiger partial charge >= 0.3 is 0 Å². The summed E-state index contributed by atoms with van der Waals surface area (Å²) in [4.78, 5) is 10.0. The minimum Gasteiger partial charge on any atom is -0.496 e. The lowest BCUT2D eigenvalue weighted by Gasteiger charge is -2.04. The number of alkyl halides is 1. The van der Waals surface area contributed by atoms with Gasteiger partial charge in [-0.25, -0.2) is 0 Å². The first kappa shape index (κ1) is 10.2. The van der Waals surface area contributed by atoms with Crippen molar-refractivity contribution in [1.82, 2.24) is 0 Å². The largest absolute Gasteiger partial charge is 0.496 e. The summed E-state index contributed by atoms with van der Waals surface area (Å²) in [5, 5.41) is 10.4. The van der Waals surface area contributed by atoms with E-state index in [1.54, 1.807) is 13.2 Å². The lowest BCUT2D eigenvalue weighted by Crippen LogP contribution is -1.93. The number of nitrogens with zero attached hydrogens (tertiary/aromatic N) is 1. The van der Waals surface area contributed by atoms with Crippen LogP contribution in [0.2, 0.25) is 0 Å². The number of ether oxygens (including phenoxy) is 1. The Bertz CT molecular complexity index is 327. The Morgan fingerprint density at radius 2 is 2.31 bits per heavy atom. The predicted octanol–water partition coefficient (Wildman–Crippen LogP) is 2.54. The van der Waals surface area contributed by atoms with E-state index in [2.05, 4.69) is 22.6 Å². The van der Waals surface area contributed by atoms with Gasteiger partial charge in [0.25, 0.3) is 5.69 Å². The van der Waals surface area contributed by atoms with Gasteiger partial charge in [-0.3, -0.25) is 10.1 Å². The molecule has 70 valence electrons. The topological polar surface area (TPSA) is 52.4 Å². The van der Waals surface area contributed by atoms with Gasteiger partial charge in [0.2, 0.25) is 0 Å². The summed E-state index contributed by atoms with van der Waals surface area (Å²) in [7, 11) is 1.55. The number of hydrogen-bond donors (Lipinski definition) is 0. The number of nitro groups is 1. The van der Waals surface area contributed by atoms with Crippen LogP contribution in [-0.2, 0) is 4.43 Å². The van der Waals surface area contributed by atoms with E-state index in [1.165, 1.54) is 12.1 Å². The molecule has 0 saturated carbocycles. The molecular formula is C8H8INO3. The number of benzene rings is 1. The van der Waals surface area contributed by atoms with Gasteiger partial charge in [0.1, 0.15) is 5.75 Å². The third kappa shape index (κ3) is 2.30. The predicted molar refractivity (Wildman–Crippen MR) is 57.4 cm³/mol. The van der Waals surface area contributed by atoms with Crippen LogP contribution >= 0.6 is 22.6 Å². The molecule has 0 aliphatic rings. The van der Waals surface area contributed by atoms with Crippen LogP contribution in [0.5, 0.6) is 5.75 Å². The van der Waals surface area contributed by atoms with Gasteiger partial charge in [0, 0.05) is 22.1 Å². The van der Waals surface area contributed by atoms with Gasteiger partial charge in [-0.05, 0) is 6.07 Å². The smallest absolute Gasteiger partial charge is 0.270 e. The van der Waals surface area contributed by atoms with E-state index in [0.717, 1.165) is 5.56 Å². The molecule has 0 radical (unpaired) electrons. The van der Waals surface area contributed by atoms with E-state index in [9.17, 15) is 10.1 Å². The molecule has 5 heteroatoms. The SMILES string of the molecule is COc1ccc([N+](=O)[O-])cc1CI. The Morgan fingerprint density at radius 3 is 2.77 bits per heavy atom. The Kier molecular flexibility index (Phi) is 3.47. The maximum Gasteiger partial charge on any atom is 0.270 e. The molecule has 13 heavy (non-hydrogen) atoms. The standard InChI is InChI=1S/C8H8INO3/c1-13-8-3-2-7(10(11)12)4-6(8)5-9/h2-4H,5H2,1H3. The Labute approximate surface area is 89.2 Å². The highest BCUT2D eigenvalue weighted by Gasteiger charge is 2.09. The molecule has 1 rings (SSSR count). The maximum absolute atomic E-state index is 10.4. The average Bonchev–Trinajstić information content (AvgIpc) is 2.16. The molecule has 0 aliphatic heterocycles. The molecule has 4 nitrogen and oxygen atoms in total. The van der Waals surface area contributed by atoms with Crippen molar-refractivity contribution >= 4 is 28.3 Å². The fourth-order valence-electron chi connectivity index (χ4n) is 0.983. The third-order valence-electron chi connectivity index (χ3n) is 1.62. The molecule has 0 saturated heterocycles. The van der Waals surface area contributed by atoms with Gasteiger partial charge in [-0.1, -0.05) is 22.6 Å². The summed E-state index contributed by atoms with van der Waals surface area (Å²) in [5.74, 6) is 0.694. The van der Waals surface area contributed by atoms with E-state index in [4.69, 9.17) is 4.74 Å². The average molecular weight is 293 g/mol. The highest BCUT2D eigenvalue weighted by molar-refractivity contribution is 14.1. The van der Waals surface area contributed by atoms with Crippen LogP contribution in [0.1, 0.15) is 5.56 Å². The van der Waals surface area contributed by atoms with Crippen molar-refractivity contribution in [2.24, 2.45) is 0 Å². The Hall–Kier alpha value is -0.850. The van der Waals surface area contributed by atoms with Crippen LogP contribution in [0.3, 0.4) is 0 Å². The van der Waals surface area contributed by atoms with Crippen LogP contribution in [0.25, 0.3) is 0 Å². The molecule has 1 aromatic rings. The Balaban J connectivity index is 3.13. The number of rotatable bonds is 3. The normalized spacial score (nSPS) is 9.69. The minimum absolute atomic E-state index is 0.104. The summed E-state index contributed by atoms with van der Waals surface area (Å²) < 4.78 is 5.74. The maximum atomic E-state index is 10.4. The van der Waals surface area contributed by atoms with Gasteiger partial charge in [0.05, 0.1) is 12.0 Å². The van der Waals surface area contributed by atoms with Crippen LogP contribution in [0.15, 0.2) is 18.2 Å². The molecule has 0 amide bonds. The van der Waals surface area contributed by atoms with Gasteiger partial charge in [-0.2, -0.15) is 0 Å². The van der Waals surface area contributed by atoms with Crippen molar-refractivity contribution in [3.8, 4) is 5.75 Å². The molecule has 1 aromatic carbocycles. The molecule has 0 unspecified atom stereocenters. The monoisotopic (exact) mass is 293 g/mol. The quantitative estimate of drug-likeness (QED) is 0.372. The molecule has 0 fully saturated rings. The highest BCUT2D eigenvalue weighted by Crippen LogP contribution is 2.25. The van der Waals surface area contributed by atoms with Gasteiger partial charge in [0.15, 0.2) is 0 Å². The second kappa shape index (κ2) is 4.40. The van der Waals surface area contributed by atoms with E-state index in [1.807, 2.05) is 0 Å². The summed E-state index contributed by atoms with van der Waals surface area (Å²) >= 11 is 2.14. The van der Waals surface area contributed by atoms with Crippen molar-refractivity contribution in [2.75, 3.05) is 7.11 Å². The number of halogens is 1. The number of hydrogen-bond acceptors (Lipinski definition) is 3. The Morgan fingerprint density at radius 1 is 1.62 bits per heavy atom. The summed E-state index contributed by atoms with van der Waals surface area (Å²) in [6, 6.07) is 4.59. The first-order valence-electron chi connectivity index (χ1n) is 3.56. The van der Waals surface area contributed by atoms with Crippen LogP contribution in [0.4, 0.5) is 5.69 Å². The zero-order chi connectivity index (χ0) is 9.84. The molecule has 0 aromatic heterocycles. The minimum atomic E-state index is -0.408. The van der Waals surface area contributed by atoms with Crippen LogP contribution < -0.4 is 4.74 Å². The molecule has 0 heterocycles. The lowest BCUT2D eigenvalue weighted by molar-refractivity contribution is -0.384. The molecule has 0 aliphatic carbocycles. The number of non-ortho nitro benzene ring substituents is 1. The summed E-state index contributed by atoms with van der Waals surface area (Å²) in [6.07, 6.45) is 0. The van der Waals surface area contributed by atoms with E-state index in [0.29, 0.717) is 10.2 Å². The molecule has 0 atom stereocenters. The van der Waals surface area contributed by atoms with E-state index < -0.39 is 4.92 Å². The van der Waals surface area contributed by atoms with Crippen LogP contribution in [0, 0.1) is 10.1 Å². The zero-order valence-corrected chi connectivity index (χ0v) is 9.15. The van der Waals surface area contributed by atoms with E-state index in [-0.39, 0.29) is 5.69 Å². The fraction of sp³-hybridized carbons (Fsp3) is 0.250. The molecule has 0 N–H and O–H groups in total. The molecule has 0 spiro atoms. The van der Waals surface area contributed by atoms with Crippen molar-refractivity contribution in [3.05, 3.63) is 33.9 Å². The second-order valence-corrected chi connectivity index (χ2v) is 3.15. The summed E-state index contributed by atoms with van der Waals surface area (Å²) in [5.41, 5.74) is 0.949. The second-order valence-electron chi connectivity index (χ2n) is 2.39. The van der Waals surface area contributed by atoms with Crippen molar-refractivity contribution < 1.29 is 9.66 Å². The molecule has 0 bridgehead atoms. The number of nitro benzene ring substituents is 1. The van der Waals surface area contributed by atoms with Crippen LogP contribution in [-0.4, -0.2) is 12.0 Å². The first-order chi connectivity index (χ1) is 6.19. The zero-order valence-electron chi connectivity index (χ0n) is 6.99. The number of methoxy groups -OCH3 is 1. The van der Waals surface area contributed by atoms with Crippen molar-refractivity contribution in [1.29, 1.82) is 0 Å². The molecular weight excluding hydrogens is 285 g/mol.